The van der Waals surface area contributed by atoms with Crippen molar-refractivity contribution in [2.24, 2.45) is 5.41 Å². The van der Waals surface area contributed by atoms with Crippen molar-refractivity contribution < 1.29 is 0 Å². The number of nitriles is 1. The Labute approximate surface area is 102 Å². The Kier molecular flexibility index (Phi) is 2.68. The minimum Gasteiger partial charge on any atom is -0.350 e. The molecule has 0 unspecified atom stereocenters. The third kappa shape index (κ3) is 2.53. The van der Waals surface area contributed by atoms with Gasteiger partial charge < -0.3 is 9.88 Å². The Bertz CT molecular complexity index is 433. The molecule has 2 saturated carbocycles. The molecule has 2 aliphatic carbocycles. The molecule has 0 atom stereocenters. The second-order valence-corrected chi connectivity index (χ2v) is 5.62. The second-order valence-electron chi connectivity index (χ2n) is 5.62. The molecular formula is C14H19N3. The Morgan fingerprint density at radius 1 is 1.47 bits per heavy atom. The van der Waals surface area contributed by atoms with E-state index >= 15 is 0 Å². The quantitative estimate of drug-likeness (QED) is 0.814. The third-order valence-corrected chi connectivity index (χ3v) is 3.99. The first kappa shape index (κ1) is 10.9. The summed E-state index contributed by atoms with van der Waals surface area (Å²) in [5.41, 5.74) is 1.66. The van der Waals surface area contributed by atoms with Crippen LogP contribution in [0.2, 0.25) is 0 Å². The first-order valence-corrected chi connectivity index (χ1v) is 6.56. The van der Waals surface area contributed by atoms with Gasteiger partial charge in [-0.15, -0.1) is 0 Å². The van der Waals surface area contributed by atoms with Gasteiger partial charge in [0.25, 0.3) is 0 Å². The van der Waals surface area contributed by atoms with E-state index in [4.69, 9.17) is 5.26 Å². The molecule has 0 amide bonds. The number of aromatic nitrogens is 1. The van der Waals surface area contributed by atoms with Gasteiger partial charge in [-0.1, -0.05) is 0 Å². The highest BCUT2D eigenvalue weighted by atomic mass is 15.0. The lowest BCUT2D eigenvalue weighted by atomic mass is 10.0. The van der Waals surface area contributed by atoms with E-state index in [0.29, 0.717) is 11.8 Å². The molecule has 2 fully saturated rings. The van der Waals surface area contributed by atoms with Crippen molar-refractivity contribution in [2.45, 2.75) is 51.2 Å². The molecule has 0 bridgehead atoms. The zero-order valence-electron chi connectivity index (χ0n) is 10.2. The molecule has 0 aliphatic heterocycles. The predicted octanol–water partition coefficient (Wildman–Crippen LogP) is 2.43. The van der Waals surface area contributed by atoms with Gasteiger partial charge in [0.05, 0.1) is 6.07 Å². The van der Waals surface area contributed by atoms with Crippen molar-refractivity contribution in [3.63, 3.8) is 0 Å². The maximum absolute atomic E-state index is 8.85. The molecule has 0 spiro atoms. The normalized spacial score (nSPS) is 21.1. The maximum Gasteiger partial charge on any atom is 0.0628 e. The van der Waals surface area contributed by atoms with E-state index in [1.54, 1.807) is 0 Å². The molecule has 0 saturated heterocycles. The zero-order valence-corrected chi connectivity index (χ0v) is 10.2. The topological polar surface area (TPSA) is 40.8 Å². The van der Waals surface area contributed by atoms with E-state index in [9.17, 15) is 0 Å². The highest BCUT2D eigenvalue weighted by Gasteiger charge is 2.42. The van der Waals surface area contributed by atoms with Gasteiger partial charge in [0.15, 0.2) is 0 Å². The molecule has 1 aromatic rings. The number of nitrogens with one attached hydrogen (secondary N) is 1. The SMILES string of the molecule is N#CCC1(Cn2cccc2CNC2CC2)CC1. The second kappa shape index (κ2) is 4.19. The van der Waals surface area contributed by atoms with Gasteiger partial charge in [0.2, 0.25) is 0 Å². The van der Waals surface area contributed by atoms with Gasteiger partial charge in [-0.2, -0.15) is 5.26 Å². The molecule has 1 N–H and O–H groups in total. The van der Waals surface area contributed by atoms with Crippen molar-refractivity contribution in [2.75, 3.05) is 0 Å². The Balaban J connectivity index is 1.62. The summed E-state index contributed by atoms with van der Waals surface area (Å²) in [6.45, 7) is 2.00. The number of nitrogens with zero attached hydrogens (tertiary/aromatic N) is 2. The van der Waals surface area contributed by atoms with Crippen LogP contribution in [0.25, 0.3) is 0 Å². The van der Waals surface area contributed by atoms with Crippen LogP contribution in [-0.2, 0) is 13.1 Å². The first-order chi connectivity index (χ1) is 8.31. The molecule has 3 heteroatoms. The van der Waals surface area contributed by atoms with Crippen molar-refractivity contribution in [1.29, 1.82) is 5.26 Å². The number of rotatable bonds is 6. The fourth-order valence-corrected chi connectivity index (χ4v) is 2.40. The molecular weight excluding hydrogens is 210 g/mol. The third-order valence-electron chi connectivity index (χ3n) is 3.99. The highest BCUT2D eigenvalue weighted by molar-refractivity contribution is 5.10. The van der Waals surface area contributed by atoms with Crippen LogP contribution in [-0.4, -0.2) is 10.6 Å². The number of hydrogen-bond donors (Lipinski definition) is 1. The van der Waals surface area contributed by atoms with Crippen molar-refractivity contribution >= 4 is 0 Å². The summed E-state index contributed by atoms with van der Waals surface area (Å²) in [4.78, 5) is 0. The summed E-state index contributed by atoms with van der Waals surface area (Å²) < 4.78 is 2.33. The molecule has 2 aliphatic rings. The standard InChI is InChI=1S/C14H19N3/c15-8-7-14(5-6-14)11-17-9-1-2-13(17)10-16-12-3-4-12/h1-2,9,12,16H,3-7,10-11H2. The summed E-state index contributed by atoms with van der Waals surface area (Å²) in [5, 5.41) is 12.4. The molecule has 1 heterocycles. The summed E-state index contributed by atoms with van der Waals surface area (Å²) in [6, 6.07) is 7.40. The Morgan fingerprint density at radius 3 is 2.94 bits per heavy atom. The molecule has 1 aromatic heterocycles. The smallest absolute Gasteiger partial charge is 0.0628 e. The predicted molar refractivity (Wildman–Crippen MR) is 66.2 cm³/mol. The van der Waals surface area contributed by atoms with Crippen LogP contribution in [0.1, 0.15) is 37.8 Å². The molecule has 0 aromatic carbocycles. The van der Waals surface area contributed by atoms with Gasteiger partial charge in [0, 0.05) is 42.9 Å². The monoisotopic (exact) mass is 229 g/mol. The van der Waals surface area contributed by atoms with E-state index in [1.165, 1.54) is 31.4 Å². The summed E-state index contributed by atoms with van der Waals surface area (Å²) in [5.74, 6) is 0. The van der Waals surface area contributed by atoms with Gasteiger partial charge in [0.1, 0.15) is 0 Å². The van der Waals surface area contributed by atoms with Crippen LogP contribution in [0, 0.1) is 16.7 Å². The van der Waals surface area contributed by atoms with Crippen LogP contribution in [0.3, 0.4) is 0 Å². The van der Waals surface area contributed by atoms with Crippen molar-refractivity contribution in [1.82, 2.24) is 9.88 Å². The molecule has 90 valence electrons. The summed E-state index contributed by atoms with van der Waals surface area (Å²) >= 11 is 0. The van der Waals surface area contributed by atoms with Gasteiger partial charge in [-0.05, 0) is 37.8 Å². The molecule has 3 rings (SSSR count). The van der Waals surface area contributed by atoms with Gasteiger partial charge in [-0.3, -0.25) is 0 Å². The van der Waals surface area contributed by atoms with Crippen LogP contribution in [0.5, 0.6) is 0 Å². The van der Waals surface area contributed by atoms with E-state index in [1.807, 2.05) is 0 Å². The van der Waals surface area contributed by atoms with Crippen LogP contribution in [0.4, 0.5) is 0 Å². The largest absolute Gasteiger partial charge is 0.350 e. The minimum atomic E-state index is 0.294. The van der Waals surface area contributed by atoms with Gasteiger partial charge in [-0.25, -0.2) is 0 Å². The lowest BCUT2D eigenvalue weighted by molar-refractivity contribution is 0.421. The summed E-state index contributed by atoms with van der Waals surface area (Å²) in [6.07, 6.45) is 7.96. The zero-order chi connectivity index (χ0) is 11.7. The fourth-order valence-electron chi connectivity index (χ4n) is 2.40. The van der Waals surface area contributed by atoms with Crippen LogP contribution >= 0.6 is 0 Å². The minimum absolute atomic E-state index is 0.294. The molecule has 3 nitrogen and oxygen atoms in total. The molecule has 17 heavy (non-hydrogen) atoms. The Morgan fingerprint density at radius 2 is 2.29 bits per heavy atom. The average Bonchev–Trinajstić information content (AvgIpc) is 3.21. The Hall–Kier alpha value is -1.27. The van der Waals surface area contributed by atoms with Gasteiger partial charge >= 0.3 is 0 Å². The average molecular weight is 229 g/mol. The van der Waals surface area contributed by atoms with E-state index in [0.717, 1.165) is 19.1 Å². The fraction of sp³-hybridized carbons (Fsp3) is 0.643. The van der Waals surface area contributed by atoms with E-state index in [-0.39, 0.29) is 0 Å². The van der Waals surface area contributed by atoms with E-state index < -0.39 is 0 Å². The number of hydrogen-bond acceptors (Lipinski definition) is 2. The summed E-state index contributed by atoms with van der Waals surface area (Å²) in [7, 11) is 0. The maximum atomic E-state index is 8.85. The molecule has 0 radical (unpaired) electrons. The highest BCUT2D eigenvalue weighted by Crippen LogP contribution is 2.50. The lowest BCUT2D eigenvalue weighted by Crippen LogP contribution is -2.20. The van der Waals surface area contributed by atoms with Crippen molar-refractivity contribution in [3.05, 3.63) is 24.0 Å². The van der Waals surface area contributed by atoms with E-state index in [2.05, 4.69) is 34.3 Å². The van der Waals surface area contributed by atoms with Crippen LogP contribution < -0.4 is 5.32 Å². The van der Waals surface area contributed by atoms with Crippen LogP contribution in [0.15, 0.2) is 18.3 Å². The van der Waals surface area contributed by atoms with Crippen molar-refractivity contribution in [3.8, 4) is 6.07 Å². The first-order valence-electron chi connectivity index (χ1n) is 6.56. The lowest BCUT2D eigenvalue weighted by Gasteiger charge is -2.15.